The molecule has 12 heteroatoms. The van der Waals surface area contributed by atoms with Crippen LogP contribution >= 0.6 is 0 Å². The van der Waals surface area contributed by atoms with Crippen LogP contribution in [0.15, 0.2) is 55.4 Å². The Labute approximate surface area is 243 Å². The topological polar surface area (TPSA) is 144 Å². The molecule has 11 nitrogen and oxygen atoms in total. The van der Waals surface area contributed by atoms with Crippen molar-refractivity contribution in [1.29, 1.82) is 0 Å². The molecule has 6 aromatic heterocycles. The van der Waals surface area contributed by atoms with E-state index < -0.39 is 10.8 Å². The third-order valence-corrected chi connectivity index (χ3v) is 8.28. The van der Waals surface area contributed by atoms with Crippen molar-refractivity contribution < 1.29 is 16.5 Å². The molecule has 6 aromatic rings. The van der Waals surface area contributed by atoms with Gasteiger partial charge in [-0.05, 0) is 29.0 Å². The molecular weight excluding hydrogens is 561 g/mol. The van der Waals surface area contributed by atoms with Gasteiger partial charge in [0.15, 0.2) is 0 Å². The summed E-state index contributed by atoms with van der Waals surface area (Å²) < 4.78 is 0. The molecule has 8 heterocycles. The summed E-state index contributed by atoms with van der Waals surface area (Å²) in [6, 6.07) is 5.66. The van der Waals surface area contributed by atoms with Crippen LogP contribution in [-0.2, 0) is 27.3 Å². The molecule has 0 atom stereocenters. The maximum absolute atomic E-state index is 5.01. The zero-order valence-corrected chi connectivity index (χ0v) is 23.4. The summed E-state index contributed by atoms with van der Waals surface area (Å²) >= 11 is 0. The van der Waals surface area contributed by atoms with E-state index in [-0.39, 0.29) is 16.5 Å². The molecule has 0 spiro atoms. The molecule has 0 saturated carbocycles. The van der Waals surface area contributed by atoms with E-state index >= 15 is 0 Å². The van der Waals surface area contributed by atoms with Gasteiger partial charge in [0.1, 0.15) is 0 Å². The fourth-order valence-corrected chi connectivity index (χ4v) is 5.15. The van der Waals surface area contributed by atoms with Gasteiger partial charge in [0.2, 0.25) is 0 Å². The molecule has 0 amide bonds. The normalized spacial score (nSPS) is 15.0. The number of hydrogen-bond donors (Lipinski definition) is 0. The molecule has 8 bridgehead atoms. The third kappa shape index (κ3) is 3.53. The first-order valence-electron chi connectivity index (χ1n) is 12.9. The van der Waals surface area contributed by atoms with Crippen LogP contribution < -0.4 is 9.97 Å². The average Bonchev–Trinajstić information content (AvgIpc) is 3.63. The zero-order valence-electron chi connectivity index (χ0n) is 22.4. The van der Waals surface area contributed by atoms with Crippen LogP contribution in [-0.4, -0.2) is 44.9 Å². The van der Waals surface area contributed by atoms with Gasteiger partial charge in [0.05, 0.1) is 23.3 Å². The summed E-state index contributed by atoms with van der Waals surface area (Å²) in [6.07, 6.45) is 10.4. The molecule has 0 aromatic carbocycles. The van der Waals surface area contributed by atoms with Gasteiger partial charge in [-0.2, -0.15) is 0 Å². The zero-order chi connectivity index (χ0) is 27.2. The number of rotatable bonds is 0. The number of fused-ring (bicyclic) bond motifs is 17. The molecular formula is C29H21N11Ni. The van der Waals surface area contributed by atoms with Gasteiger partial charge in [-0.15, -0.1) is 0 Å². The summed E-state index contributed by atoms with van der Waals surface area (Å²) in [5.74, 6) is 2.21. The maximum atomic E-state index is 5.01. The third-order valence-electron chi connectivity index (χ3n) is 8.28. The van der Waals surface area contributed by atoms with Gasteiger partial charge in [-0.3, -0.25) is 19.9 Å². The second-order valence-electron chi connectivity index (χ2n) is 11.0. The van der Waals surface area contributed by atoms with Crippen molar-refractivity contribution in [3.63, 3.8) is 0 Å². The van der Waals surface area contributed by atoms with Crippen LogP contribution in [0.25, 0.3) is 66.9 Å². The molecule has 2 aliphatic rings. The summed E-state index contributed by atoms with van der Waals surface area (Å²) in [4.78, 5) is 52.2. The van der Waals surface area contributed by atoms with Crippen molar-refractivity contribution in [3.8, 4) is 22.8 Å². The van der Waals surface area contributed by atoms with Gasteiger partial charge < -0.3 is 29.9 Å². The van der Waals surface area contributed by atoms with Crippen LogP contribution in [0.4, 0.5) is 0 Å². The van der Waals surface area contributed by atoms with Crippen molar-refractivity contribution in [2.24, 2.45) is 0 Å². The Hall–Kier alpha value is -4.70. The van der Waals surface area contributed by atoms with Gasteiger partial charge >= 0.3 is 16.5 Å². The largest absolute Gasteiger partial charge is 2.00 e. The second kappa shape index (κ2) is 8.65. The predicted molar refractivity (Wildman–Crippen MR) is 149 cm³/mol. The van der Waals surface area contributed by atoms with Crippen LogP contribution in [0.3, 0.4) is 0 Å². The number of pyridine rings is 3. The van der Waals surface area contributed by atoms with Crippen molar-refractivity contribution in [1.82, 2.24) is 54.8 Å². The second-order valence-corrected chi connectivity index (χ2v) is 11.0. The minimum absolute atomic E-state index is 0. The van der Waals surface area contributed by atoms with E-state index in [0.717, 1.165) is 32.7 Å². The summed E-state index contributed by atoms with van der Waals surface area (Å²) in [5.41, 5.74) is 2.66. The van der Waals surface area contributed by atoms with Crippen LogP contribution in [0, 0.1) is 0 Å². The van der Waals surface area contributed by atoms with E-state index in [9.17, 15) is 0 Å². The van der Waals surface area contributed by atoms with Gasteiger partial charge in [0.25, 0.3) is 0 Å². The summed E-state index contributed by atoms with van der Waals surface area (Å²) in [5, 5.41) is 3.21. The number of hydrogen-bond acceptors (Lipinski definition) is 9. The Morgan fingerprint density at radius 3 is 1.51 bits per heavy atom. The fourth-order valence-electron chi connectivity index (χ4n) is 5.15. The van der Waals surface area contributed by atoms with Crippen LogP contribution in [0.1, 0.15) is 39.3 Å². The van der Waals surface area contributed by atoms with E-state index in [1.54, 1.807) is 37.2 Å². The Bertz CT molecular complexity index is 2050. The average molecular weight is 582 g/mol. The van der Waals surface area contributed by atoms with Crippen molar-refractivity contribution in [2.45, 2.75) is 38.5 Å². The summed E-state index contributed by atoms with van der Waals surface area (Å²) in [7, 11) is 0. The first-order chi connectivity index (χ1) is 19.3. The molecule has 0 aliphatic carbocycles. The van der Waals surface area contributed by atoms with Gasteiger partial charge in [0, 0.05) is 92.5 Å². The quantitative estimate of drug-likeness (QED) is 0.237. The Morgan fingerprint density at radius 1 is 0.488 bits per heavy atom. The molecule has 0 radical (unpaired) electrons. The molecule has 0 fully saturated rings. The molecule has 2 aliphatic heterocycles. The van der Waals surface area contributed by atoms with E-state index in [0.29, 0.717) is 45.9 Å². The van der Waals surface area contributed by atoms with Crippen molar-refractivity contribution >= 4 is 44.1 Å². The van der Waals surface area contributed by atoms with E-state index in [1.807, 2.05) is 18.2 Å². The molecule has 0 saturated heterocycles. The fraction of sp³-hybridized carbons (Fsp3) is 0.207. The first kappa shape index (κ1) is 25.3. The van der Waals surface area contributed by atoms with Crippen LogP contribution in [0.5, 0.6) is 0 Å². The van der Waals surface area contributed by atoms with E-state index in [1.165, 1.54) is 0 Å². The van der Waals surface area contributed by atoms with Gasteiger partial charge in [-0.1, -0.05) is 27.7 Å². The number of aromatic nitrogens is 11. The molecule has 0 N–H and O–H groups in total. The molecule has 202 valence electrons. The Kier molecular flexibility index (Phi) is 5.33. The minimum Gasteiger partial charge on any atom is -0.357 e. The molecule has 41 heavy (non-hydrogen) atoms. The number of nitrogens with zero attached hydrogens (tertiary/aromatic N) is 11. The first-order valence-corrected chi connectivity index (χ1v) is 12.9. The van der Waals surface area contributed by atoms with Crippen molar-refractivity contribution in [2.75, 3.05) is 0 Å². The van der Waals surface area contributed by atoms with Crippen LogP contribution in [0.2, 0.25) is 0 Å². The van der Waals surface area contributed by atoms with Gasteiger partial charge in [-0.25, -0.2) is 4.98 Å². The smallest absolute Gasteiger partial charge is 0.357 e. The van der Waals surface area contributed by atoms with Crippen molar-refractivity contribution in [3.05, 3.63) is 67.0 Å². The Morgan fingerprint density at radius 2 is 0.951 bits per heavy atom. The predicted octanol–water partition coefficient (Wildman–Crippen LogP) is 4.23. The summed E-state index contributed by atoms with van der Waals surface area (Å²) in [6.45, 7) is 8.50. The van der Waals surface area contributed by atoms with E-state index in [4.69, 9.17) is 39.9 Å². The maximum Gasteiger partial charge on any atom is 2.00 e. The Balaban J connectivity index is 0.00000276. The van der Waals surface area contributed by atoms with E-state index in [2.05, 4.69) is 42.6 Å². The molecule has 0 unspecified atom stereocenters. The minimum atomic E-state index is -0.448. The SMILES string of the molecule is CC1(C)c2nc(nc3[n-]c(nc4nc(nc5[n-]c(n2)c2ccncc52)-c2ccncc2-4)c2cnccc32)C1(C)C.[Ni+2]. The molecule has 8 rings (SSSR count). The monoisotopic (exact) mass is 581 g/mol. The standard InChI is InChI=1S/C29H21N11.Ni/c1-28(2)26-38-21-15-6-9-31-12-18(15)23(35-21)33-20-14-5-8-30-11-17(14)24(34-20)37-25-19-13-32-10-7-16(19)22(36-25)39-27(40-26)29(28,3)4;/h5-13H,1-4H3;/q-2;+2.